The van der Waals surface area contributed by atoms with E-state index in [1.165, 1.54) is 0 Å². The van der Waals surface area contributed by atoms with E-state index in [0.29, 0.717) is 29.9 Å². The second-order valence-electron chi connectivity index (χ2n) is 5.01. The monoisotopic (exact) mass is 275 g/mol. The first-order valence-electron chi connectivity index (χ1n) is 6.77. The Bertz CT molecular complexity index is 547. The number of nitrogens with two attached hydrogens (primary N) is 1. The van der Waals surface area contributed by atoms with E-state index in [9.17, 15) is 10.2 Å². The predicted molar refractivity (Wildman–Crippen MR) is 79.0 cm³/mol. The molecule has 4 N–H and O–H groups in total. The zero-order valence-corrected chi connectivity index (χ0v) is 11.8. The van der Waals surface area contributed by atoms with Gasteiger partial charge in [0.15, 0.2) is 0 Å². The van der Waals surface area contributed by atoms with Crippen molar-refractivity contribution in [2.24, 2.45) is 0 Å². The van der Waals surface area contributed by atoms with Crippen molar-refractivity contribution in [1.29, 1.82) is 0 Å². The largest absolute Gasteiger partial charge is 0.398 e. The summed E-state index contributed by atoms with van der Waals surface area (Å²) >= 11 is 0. The van der Waals surface area contributed by atoms with Crippen molar-refractivity contribution < 1.29 is 14.9 Å². The normalized spacial score (nSPS) is 19.0. The van der Waals surface area contributed by atoms with Gasteiger partial charge in [-0.15, -0.1) is 0 Å². The first-order chi connectivity index (χ1) is 9.45. The van der Waals surface area contributed by atoms with Crippen molar-refractivity contribution in [1.82, 2.24) is 0 Å². The molecule has 0 fully saturated rings. The third-order valence-corrected chi connectivity index (χ3v) is 3.43. The van der Waals surface area contributed by atoms with E-state index >= 15 is 0 Å². The van der Waals surface area contributed by atoms with Gasteiger partial charge in [0.25, 0.3) is 0 Å². The van der Waals surface area contributed by atoms with Crippen LogP contribution in [0.1, 0.15) is 24.5 Å². The van der Waals surface area contributed by atoms with E-state index in [4.69, 9.17) is 10.5 Å². The van der Waals surface area contributed by atoms with Crippen molar-refractivity contribution >= 4 is 5.69 Å². The standard InChI is InChI=1S/C16H21NO3/c1-3-20-13-7-5-12(6-8-13)16(18,19)14-10-11(2)4-9-15(14)17/h4-7,9-10,13,18-19H,3,8,17H2,1-2H3. The highest BCUT2D eigenvalue weighted by Gasteiger charge is 2.32. The average Bonchev–Trinajstić information content (AvgIpc) is 2.42. The molecule has 0 heterocycles. The zero-order valence-electron chi connectivity index (χ0n) is 11.8. The number of benzene rings is 1. The summed E-state index contributed by atoms with van der Waals surface area (Å²) in [5.41, 5.74) is 7.88. The van der Waals surface area contributed by atoms with E-state index < -0.39 is 5.79 Å². The van der Waals surface area contributed by atoms with Crippen molar-refractivity contribution in [2.45, 2.75) is 32.2 Å². The molecule has 1 atom stereocenters. The summed E-state index contributed by atoms with van der Waals surface area (Å²) in [4.78, 5) is 0. The van der Waals surface area contributed by atoms with Crippen LogP contribution in [0.25, 0.3) is 0 Å². The summed E-state index contributed by atoms with van der Waals surface area (Å²) in [5, 5.41) is 20.9. The van der Waals surface area contributed by atoms with Crippen LogP contribution in [0.4, 0.5) is 5.69 Å². The fourth-order valence-corrected chi connectivity index (χ4v) is 2.32. The van der Waals surface area contributed by atoms with Gasteiger partial charge in [-0.1, -0.05) is 29.9 Å². The van der Waals surface area contributed by atoms with Crippen LogP contribution in [0.15, 0.2) is 42.0 Å². The van der Waals surface area contributed by atoms with E-state index in [0.717, 1.165) is 5.56 Å². The summed E-state index contributed by atoms with van der Waals surface area (Å²) in [7, 11) is 0. The molecule has 20 heavy (non-hydrogen) atoms. The highest BCUT2D eigenvalue weighted by Crippen LogP contribution is 2.34. The summed E-state index contributed by atoms with van der Waals surface area (Å²) in [6.07, 6.45) is 5.92. The molecular formula is C16H21NO3. The number of aliphatic hydroxyl groups is 2. The SMILES string of the molecule is CCOC1C=CC(C(O)(O)c2cc(C)ccc2N)=CC1. The molecule has 1 aliphatic carbocycles. The summed E-state index contributed by atoms with van der Waals surface area (Å²) in [6.45, 7) is 4.45. The number of hydrogen-bond donors (Lipinski definition) is 3. The van der Waals surface area contributed by atoms with Gasteiger partial charge in [0.1, 0.15) is 0 Å². The van der Waals surface area contributed by atoms with Gasteiger partial charge < -0.3 is 20.7 Å². The van der Waals surface area contributed by atoms with Crippen LogP contribution in [0.5, 0.6) is 0 Å². The van der Waals surface area contributed by atoms with Gasteiger partial charge in [0.2, 0.25) is 5.79 Å². The Morgan fingerprint density at radius 3 is 2.75 bits per heavy atom. The van der Waals surface area contributed by atoms with Crippen molar-refractivity contribution in [3.8, 4) is 0 Å². The minimum Gasteiger partial charge on any atom is -0.398 e. The molecule has 2 rings (SSSR count). The Hall–Kier alpha value is -1.62. The number of nitrogen functional groups attached to an aromatic ring is 1. The number of rotatable bonds is 4. The third kappa shape index (κ3) is 2.93. The Labute approximate surface area is 119 Å². The second-order valence-corrected chi connectivity index (χ2v) is 5.01. The second kappa shape index (κ2) is 5.79. The molecule has 1 aliphatic rings. The van der Waals surface area contributed by atoms with Crippen LogP contribution in [-0.2, 0) is 10.5 Å². The Balaban J connectivity index is 2.28. The molecule has 0 amide bonds. The first kappa shape index (κ1) is 14.8. The number of aryl methyl sites for hydroxylation is 1. The van der Waals surface area contributed by atoms with E-state index in [2.05, 4.69) is 0 Å². The minimum atomic E-state index is -2.08. The average molecular weight is 275 g/mol. The Morgan fingerprint density at radius 1 is 1.40 bits per heavy atom. The lowest BCUT2D eigenvalue weighted by molar-refractivity contribution is -0.132. The molecule has 0 saturated carbocycles. The molecule has 0 bridgehead atoms. The first-order valence-corrected chi connectivity index (χ1v) is 6.77. The molecule has 4 heteroatoms. The molecule has 1 aromatic rings. The minimum absolute atomic E-state index is 0.00518. The molecule has 0 aromatic heterocycles. The summed E-state index contributed by atoms with van der Waals surface area (Å²) < 4.78 is 5.47. The van der Waals surface area contributed by atoms with Crippen molar-refractivity contribution in [3.05, 3.63) is 53.1 Å². The molecule has 1 unspecified atom stereocenters. The van der Waals surface area contributed by atoms with Gasteiger partial charge in [-0.3, -0.25) is 0 Å². The number of hydrogen-bond acceptors (Lipinski definition) is 4. The Kier molecular flexibility index (Phi) is 4.28. The lowest BCUT2D eigenvalue weighted by Crippen LogP contribution is -2.30. The fraction of sp³-hybridized carbons (Fsp3) is 0.375. The maximum atomic E-state index is 10.4. The maximum absolute atomic E-state index is 10.4. The van der Waals surface area contributed by atoms with Gasteiger partial charge in [-0.2, -0.15) is 0 Å². The maximum Gasteiger partial charge on any atom is 0.219 e. The quantitative estimate of drug-likeness (QED) is 0.580. The lowest BCUT2D eigenvalue weighted by Gasteiger charge is -2.28. The summed E-state index contributed by atoms with van der Waals surface area (Å²) in [6, 6.07) is 5.21. The van der Waals surface area contributed by atoms with E-state index in [-0.39, 0.29) is 6.10 Å². The molecular weight excluding hydrogens is 254 g/mol. The van der Waals surface area contributed by atoms with Gasteiger partial charge in [0, 0.05) is 23.4 Å². The molecule has 0 aliphatic heterocycles. The molecule has 1 aromatic carbocycles. The van der Waals surface area contributed by atoms with Gasteiger partial charge in [-0.25, -0.2) is 0 Å². The van der Waals surface area contributed by atoms with Gasteiger partial charge in [-0.05, 0) is 32.4 Å². The predicted octanol–water partition coefficient (Wildman–Crippen LogP) is 2.01. The lowest BCUT2D eigenvalue weighted by atomic mass is 9.90. The van der Waals surface area contributed by atoms with Crippen LogP contribution >= 0.6 is 0 Å². The van der Waals surface area contributed by atoms with Crippen LogP contribution in [-0.4, -0.2) is 22.9 Å². The molecule has 4 nitrogen and oxygen atoms in total. The fourth-order valence-electron chi connectivity index (χ4n) is 2.32. The van der Waals surface area contributed by atoms with Crippen LogP contribution in [0.2, 0.25) is 0 Å². The van der Waals surface area contributed by atoms with Crippen LogP contribution in [0, 0.1) is 6.92 Å². The highest BCUT2D eigenvalue weighted by molar-refractivity contribution is 5.54. The molecule has 108 valence electrons. The highest BCUT2D eigenvalue weighted by atomic mass is 16.5. The van der Waals surface area contributed by atoms with Crippen LogP contribution < -0.4 is 5.73 Å². The zero-order chi connectivity index (χ0) is 14.8. The van der Waals surface area contributed by atoms with E-state index in [1.807, 2.05) is 26.0 Å². The van der Waals surface area contributed by atoms with Gasteiger partial charge in [0.05, 0.1) is 6.10 Å². The molecule has 0 radical (unpaired) electrons. The van der Waals surface area contributed by atoms with Crippen LogP contribution in [0.3, 0.4) is 0 Å². The number of anilines is 1. The number of ether oxygens (including phenoxy) is 1. The topological polar surface area (TPSA) is 75.7 Å². The summed E-state index contributed by atoms with van der Waals surface area (Å²) in [5.74, 6) is -2.08. The van der Waals surface area contributed by atoms with Gasteiger partial charge >= 0.3 is 0 Å². The molecule has 0 saturated heterocycles. The van der Waals surface area contributed by atoms with Crippen molar-refractivity contribution in [2.75, 3.05) is 12.3 Å². The third-order valence-electron chi connectivity index (χ3n) is 3.43. The van der Waals surface area contributed by atoms with E-state index in [1.54, 1.807) is 24.3 Å². The smallest absolute Gasteiger partial charge is 0.219 e. The Morgan fingerprint density at radius 2 is 2.15 bits per heavy atom. The van der Waals surface area contributed by atoms with Crippen molar-refractivity contribution in [3.63, 3.8) is 0 Å². The molecule has 0 spiro atoms.